The summed E-state index contributed by atoms with van der Waals surface area (Å²) in [6.07, 6.45) is 4.40. The van der Waals surface area contributed by atoms with E-state index < -0.39 is 0 Å². The van der Waals surface area contributed by atoms with Gasteiger partial charge in [0.15, 0.2) is 5.82 Å². The van der Waals surface area contributed by atoms with Crippen molar-refractivity contribution in [1.29, 1.82) is 0 Å². The Morgan fingerprint density at radius 1 is 1.19 bits per heavy atom. The molecule has 21 heavy (non-hydrogen) atoms. The molecular weight excluding hydrogens is 330 g/mol. The molecule has 0 radical (unpaired) electrons. The van der Waals surface area contributed by atoms with Gasteiger partial charge in [-0.05, 0) is 12.0 Å². The lowest BCUT2D eigenvalue weighted by molar-refractivity contribution is 0.304. The molecule has 1 aromatic heterocycles. The Kier molecular flexibility index (Phi) is 6.47. The summed E-state index contributed by atoms with van der Waals surface area (Å²) in [6.45, 7) is 4.40. The van der Waals surface area contributed by atoms with Gasteiger partial charge in [0, 0.05) is 18.4 Å². The highest BCUT2D eigenvalue weighted by Crippen LogP contribution is 2.17. The van der Waals surface area contributed by atoms with Crippen molar-refractivity contribution in [2.45, 2.75) is 19.9 Å². The van der Waals surface area contributed by atoms with Crippen molar-refractivity contribution in [2.24, 2.45) is 0 Å². The van der Waals surface area contributed by atoms with E-state index in [1.165, 1.54) is 5.56 Å². The number of rotatable bonds is 8. The third kappa shape index (κ3) is 5.01. The van der Waals surface area contributed by atoms with Gasteiger partial charge < -0.3 is 9.64 Å². The fourth-order valence-electron chi connectivity index (χ4n) is 1.95. The van der Waals surface area contributed by atoms with Crippen LogP contribution in [0.2, 0.25) is 0 Å². The average Bonchev–Trinajstić information content (AvgIpc) is 2.54. The first kappa shape index (κ1) is 15.8. The summed E-state index contributed by atoms with van der Waals surface area (Å²) in [5, 5.41) is 0.877. The standard InChI is InChI=1S/C16H20BrN3O/c1-2-10-21-16-12-18-11-15(19-16)20(9-8-17)13-14-6-4-3-5-7-14/h3-7,11-12H,2,8-10,13H2,1H3. The number of hydrogen-bond acceptors (Lipinski definition) is 4. The Bertz CT molecular complexity index is 536. The second-order valence-electron chi connectivity index (χ2n) is 4.66. The lowest BCUT2D eigenvalue weighted by atomic mass is 10.2. The van der Waals surface area contributed by atoms with Crippen LogP contribution in [0.5, 0.6) is 5.88 Å². The molecule has 5 heteroatoms. The molecule has 0 aliphatic heterocycles. The molecule has 0 saturated carbocycles. The van der Waals surface area contributed by atoms with E-state index in [4.69, 9.17) is 4.74 Å². The Labute approximate surface area is 134 Å². The number of alkyl halides is 1. The summed E-state index contributed by atoms with van der Waals surface area (Å²) in [5.41, 5.74) is 1.25. The second-order valence-corrected chi connectivity index (χ2v) is 5.45. The molecule has 0 aliphatic rings. The normalized spacial score (nSPS) is 10.4. The van der Waals surface area contributed by atoms with E-state index >= 15 is 0 Å². The molecule has 0 spiro atoms. The Morgan fingerprint density at radius 2 is 2.00 bits per heavy atom. The smallest absolute Gasteiger partial charge is 0.234 e. The topological polar surface area (TPSA) is 38.2 Å². The van der Waals surface area contributed by atoms with Gasteiger partial charge in [-0.25, -0.2) is 0 Å². The Morgan fingerprint density at radius 3 is 2.71 bits per heavy atom. The molecule has 0 saturated heterocycles. The molecule has 1 heterocycles. The Balaban J connectivity index is 2.13. The number of hydrogen-bond donors (Lipinski definition) is 0. The molecule has 0 aliphatic carbocycles. The van der Waals surface area contributed by atoms with Crippen LogP contribution in [0.25, 0.3) is 0 Å². The van der Waals surface area contributed by atoms with Crippen LogP contribution in [0.3, 0.4) is 0 Å². The molecule has 0 fully saturated rings. The van der Waals surface area contributed by atoms with E-state index in [0.29, 0.717) is 12.5 Å². The first-order valence-corrected chi connectivity index (χ1v) is 8.25. The molecule has 0 N–H and O–H groups in total. The van der Waals surface area contributed by atoms with Crippen LogP contribution >= 0.6 is 15.9 Å². The zero-order valence-electron chi connectivity index (χ0n) is 12.2. The van der Waals surface area contributed by atoms with E-state index in [0.717, 1.165) is 30.7 Å². The summed E-state index contributed by atoms with van der Waals surface area (Å²) in [5.74, 6) is 1.42. The largest absolute Gasteiger partial charge is 0.477 e. The summed E-state index contributed by atoms with van der Waals surface area (Å²) in [6, 6.07) is 10.4. The van der Waals surface area contributed by atoms with Crippen molar-refractivity contribution < 1.29 is 4.74 Å². The third-order valence-corrected chi connectivity index (χ3v) is 3.30. The first-order chi connectivity index (χ1) is 10.3. The SMILES string of the molecule is CCCOc1cncc(N(CCBr)Cc2ccccc2)n1. The highest BCUT2D eigenvalue weighted by molar-refractivity contribution is 9.09. The van der Waals surface area contributed by atoms with Crippen molar-refractivity contribution in [2.75, 3.05) is 23.4 Å². The molecule has 0 bridgehead atoms. The van der Waals surface area contributed by atoms with Gasteiger partial charge in [-0.2, -0.15) is 4.98 Å². The van der Waals surface area contributed by atoms with Gasteiger partial charge in [-0.1, -0.05) is 53.2 Å². The van der Waals surface area contributed by atoms with E-state index in [1.54, 1.807) is 12.4 Å². The van der Waals surface area contributed by atoms with Gasteiger partial charge in [-0.15, -0.1) is 0 Å². The number of anilines is 1. The number of benzene rings is 1. The zero-order chi connectivity index (χ0) is 14.9. The molecular formula is C16H20BrN3O. The van der Waals surface area contributed by atoms with Gasteiger partial charge in [-0.3, -0.25) is 4.98 Å². The van der Waals surface area contributed by atoms with Crippen LogP contribution < -0.4 is 9.64 Å². The van der Waals surface area contributed by atoms with Gasteiger partial charge in [0.1, 0.15) is 0 Å². The van der Waals surface area contributed by atoms with Gasteiger partial charge in [0.2, 0.25) is 5.88 Å². The van der Waals surface area contributed by atoms with Crippen LogP contribution in [0.15, 0.2) is 42.7 Å². The van der Waals surface area contributed by atoms with Crippen molar-refractivity contribution in [1.82, 2.24) is 9.97 Å². The Hall–Kier alpha value is -1.62. The average molecular weight is 350 g/mol. The minimum Gasteiger partial charge on any atom is -0.477 e. The summed E-state index contributed by atoms with van der Waals surface area (Å²) in [4.78, 5) is 11.0. The van der Waals surface area contributed by atoms with Gasteiger partial charge in [0.05, 0.1) is 19.0 Å². The molecule has 2 rings (SSSR count). The molecule has 112 valence electrons. The van der Waals surface area contributed by atoms with Gasteiger partial charge >= 0.3 is 0 Å². The van der Waals surface area contributed by atoms with Crippen LogP contribution in [-0.2, 0) is 6.54 Å². The molecule has 2 aromatic rings. The fourth-order valence-corrected chi connectivity index (χ4v) is 2.38. The van der Waals surface area contributed by atoms with E-state index in [-0.39, 0.29) is 0 Å². The highest BCUT2D eigenvalue weighted by atomic mass is 79.9. The maximum absolute atomic E-state index is 5.56. The summed E-state index contributed by atoms with van der Waals surface area (Å²) >= 11 is 3.50. The fraction of sp³-hybridized carbons (Fsp3) is 0.375. The van der Waals surface area contributed by atoms with Crippen molar-refractivity contribution in [3.05, 3.63) is 48.3 Å². The lowest BCUT2D eigenvalue weighted by Crippen LogP contribution is -2.26. The number of nitrogens with zero attached hydrogens (tertiary/aromatic N) is 3. The van der Waals surface area contributed by atoms with E-state index in [1.807, 2.05) is 18.2 Å². The lowest BCUT2D eigenvalue weighted by Gasteiger charge is -2.23. The van der Waals surface area contributed by atoms with E-state index in [9.17, 15) is 0 Å². The van der Waals surface area contributed by atoms with Crippen molar-refractivity contribution >= 4 is 21.7 Å². The molecule has 1 aromatic carbocycles. The molecule has 0 amide bonds. The van der Waals surface area contributed by atoms with Gasteiger partial charge in [0.25, 0.3) is 0 Å². The van der Waals surface area contributed by atoms with Crippen molar-refractivity contribution in [3.63, 3.8) is 0 Å². The number of halogens is 1. The molecule has 0 atom stereocenters. The minimum atomic E-state index is 0.585. The predicted octanol–water partition coefficient (Wildman–Crippen LogP) is 3.67. The predicted molar refractivity (Wildman–Crippen MR) is 89.1 cm³/mol. The van der Waals surface area contributed by atoms with Crippen molar-refractivity contribution in [3.8, 4) is 5.88 Å². The minimum absolute atomic E-state index is 0.585. The molecule has 0 unspecified atom stereocenters. The number of aromatic nitrogens is 2. The zero-order valence-corrected chi connectivity index (χ0v) is 13.8. The van der Waals surface area contributed by atoms with E-state index in [2.05, 4.69) is 49.9 Å². The van der Waals surface area contributed by atoms with Crippen LogP contribution in [-0.4, -0.2) is 28.4 Å². The van der Waals surface area contributed by atoms with Crippen LogP contribution in [0.4, 0.5) is 5.82 Å². The van der Waals surface area contributed by atoms with Crippen LogP contribution in [0.1, 0.15) is 18.9 Å². The monoisotopic (exact) mass is 349 g/mol. The maximum atomic E-state index is 5.56. The maximum Gasteiger partial charge on any atom is 0.234 e. The quantitative estimate of drug-likeness (QED) is 0.681. The summed E-state index contributed by atoms with van der Waals surface area (Å²) < 4.78 is 5.56. The second kappa shape index (κ2) is 8.62. The number of ether oxygens (including phenoxy) is 1. The third-order valence-electron chi connectivity index (χ3n) is 2.95. The summed E-state index contributed by atoms with van der Waals surface area (Å²) in [7, 11) is 0. The molecule has 4 nitrogen and oxygen atoms in total. The first-order valence-electron chi connectivity index (χ1n) is 7.13. The van der Waals surface area contributed by atoms with Crippen LogP contribution in [0, 0.1) is 0 Å². The highest BCUT2D eigenvalue weighted by Gasteiger charge is 2.10.